The van der Waals surface area contributed by atoms with Crippen molar-refractivity contribution in [2.75, 3.05) is 19.7 Å². The van der Waals surface area contributed by atoms with Crippen molar-refractivity contribution in [2.45, 2.75) is 76.5 Å². The molecule has 3 fully saturated rings. The quantitative estimate of drug-likeness (QED) is 0.845. The second kappa shape index (κ2) is 5.94. The lowest BCUT2D eigenvalue weighted by Gasteiger charge is -2.57. The van der Waals surface area contributed by atoms with Crippen molar-refractivity contribution in [3.05, 3.63) is 0 Å². The Morgan fingerprint density at radius 1 is 1.20 bits per heavy atom. The van der Waals surface area contributed by atoms with E-state index in [9.17, 15) is 0 Å². The standard InChI is InChI=1S/C17H32N2O/c1-13-7-8-17(12-18,14(2)11-13)19-9-10-20-16-6-4-3-5-15(16)19/h13-16H,3-12,18H2,1-2H3. The molecule has 0 bridgehead atoms. The molecule has 0 radical (unpaired) electrons. The lowest BCUT2D eigenvalue weighted by Crippen LogP contribution is -2.68. The van der Waals surface area contributed by atoms with Crippen molar-refractivity contribution in [2.24, 2.45) is 17.6 Å². The van der Waals surface area contributed by atoms with Gasteiger partial charge in [-0.05, 0) is 43.9 Å². The molecule has 1 heterocycles. The Morgan fingerprint density at radius 3 is 2.75 bits per heavy atom. The first-order valence-electron chi connectivity index (χ1n) is 8.76. The van der Waals surface area contributed by atoms with Gasteiger partial charge in [0, 0.05) is 24.7 Å². The first kappa shape index (κ1) is 14.8. The van der Waals surface area contributed by atoms with E-state index in [1.54, 1.807) is 0 Å². The summed E-state index contributed by atoms with van der Waals surface area (Å²) < 4.78 is 6.07. The molecule has 0 aromatic heterocycles. The molecular formula is C17H32N2O. The van der Waals surface area contributed by atoms with Crippen LogP contribution in [-0.2, 0) is 4.74 Å². The van der Waals surface area contributed by atoms with Gasteiger partial charge in [-0.2, -0.15) is 0 Å². The van der Waals surface area contributed by atoms with Crippen LogP contribution in [0.5, 0.6) is 0 Å². The third-order valence-electron chi connectivity index (χ3n) is 6.40. The molecule has 3 rings (SSSR count). The number of nitrogens with two attached hydrogens (primary N) is 1. The van der Waals surface area contributed by atoms with Gasteiger partial charge in [-0.25, -0.2) is 0 Å². The van der Waals surface area contributed by atoms with E-state index < -0.39 is 0 Å². The van der Waals surface area contributed by atoms with E-state index in [1.165, 1.54) is 44.9 Å². The molecule has 0 aromatic carbocycles. The minimum absolute atomic E-state index is 0.247. The van der Waals surface area contributed by atoms with Gasteiger partial charge in [0.1, 0.15) is 0 Å². The Kier molecular flexibility index (Phi) is 4.40. The molecule has 2 saturated carbocycles. The van der Waals surface area contributed by atoms with Crippen molar-refractivity contribution in [1.82, 2.24) is 4.90 Å². The molecule has 2 aliphatic carbocycles. The fourth-order valence-corrected chi connectivity index (χ4v) is 5.18. The third kappa shape index (κ3) is 2.42. The predicted octanol–water partition coefficient (Wildman–Crippen LogP) is 2.78. The van der Waals surface area contributed by atoms with E-state index in [-0.39, 0.29) is 5.54 Å². The largest absolute Gasteiger partial charge is 0.375 e. The summed E-state index contributed by atoms with van der Waals surface area (Å²) in [5, 5.41) is 0. The van der Waals surface area contributed by atoms with Crippen LogP contribution in [0.3, 0.4) is 0 Å². The normalized spacial score (nSPS) is 47.0. The fraction of sp³-hybridized carbons (Fsp3) is 1.00. The van der Waals surface area contributed by atoms with Crippen LogP contribution >= 0.6 is 0 Å². The Bertz CT molecular complexity index is 333. The van der Waals surface area contributed by atoms with Crippen LogP contribution in [0.2, 0.25) is 0 Å². The van der Waals surface area contributed by atoms with Crippen LogP contribution in [-0.4, -0.2) is 42.3 Å². The monoisotopic (exact) mass is 280 g/mol. The number of hydrogen-bond acceptors (Lipinski definition) is 3. The van der Waals surface area contributed by atoms with E-state index in [2.05, 4.69) is 18.7 Å². The zero-order chi connectivity index (χ0) is 14.2. The van der Waals surface area contributed by atoms with Crippen molar-refractivity contribution >= 4 is 0 Å². The number of fused-ring (bicyclic) bond motifs is 1. The Hall–Kier alpha value is -0.120. The van der Waals surface area contributed by atoms with Crippen molar-refractivity contribution in [3.63, 3.8) is 0 Å². The van der Waals surface area contributed by atoms with E-state index in [0.29, 0.717) is 12.1 Å². The molecule has 2 N–H and O–H groups in total. The van der Waals surface area contributed by atoms with Crippen LogP contribution in [0.4, 0.5) is 0 Å². The summed E-state index contributed by atoms with van der Waals surface area (Å²) in [5.41, 5.74) is 6.59. The van der Waals surface area contributed by atoms with Crippen LogP contribution in [0.1, 0.15) is 58.8 Å². The summed E-state index contributed by atoms with van der Waals surface area (Å²) in [6, 6.07) is 0.636. The summed E-state index contributed by atoms with van der Waals surface area (Å²) in [4.78, 5) is 2.80. The molecule has 1 saturated heterocycles. The van der Waals surface area contributed by atoms with E-state index >= 15 is 0 Å². The topological polar surface area (TPSA) is 38.5 Å². The zero-order valence-electron chi connectivity index (χ0n) is 13.3. The lowest BCUT2D eigenvalue weighted by atomic mass is 9.67. The first-order valence-corrected chi connectivity index (χ1v) is 8.76. The van der Waals surface area contributed by atoms with Crippen molar-refractivity contribution in [1.29, 1.82) is 0 Å². The maximum atomic E-state index is 6.34. The van der Waals surface area contributed by atoms with Gasteiger partial charge in [0.25, 0.3) is 0 Å². The molecule has 3 aliphatic rings. The van der Waals surface area contributed by atoms with E-state index in [1.807, 2.05) is 0 Å². The minimum atomic E-state index is 0.247. The molecule has 3 heteroatoms. The molecule has 0 amide bonds. The van der Waals surface area contributed by atoms with Gasteiger partial charge in [-0.1, -0.05) is 26.7 Å². The number of morpholine rings is 1. The lowest BCUT2D eigenvalue weighted by molar-refractivity contribution is -0.146. The fourth-order valence-electron chi connectivity index (χ4n) is 5.18. The average molecular weight is 280 g/mol. The number of rotatable bonds is 2. The van der Waals surface area contributed by atoms with Gasteiger partial charge in [0.2, 0.25) is 0 Å². The average Bonchev–Trinajstić information content (AvgIpc) is 2.48. The molecule has 20 heavy (non-hydrogen) atoms. The summed E-state index contributed by atoms with van der Waals surface area (Å²) in [6.07, 6.45) is 9.73. The summed E-state index contributed by atoms with van der Waals surface area (Å²) >= 11 is 0. The maximum absolute atomic E-state index is 6.34. The highest BCUT2D eigenvalue weighted by atomic mass is 16.5. The van der Waals surface area contributed by atoms with Gasteiger partial charge >= 0.3 is 0 Å². The van der Waals surface area contributed by atoms with Crippen molar-refractivity contribution in [3.8, 4) is 0 Å². The van der Waals surface area contributed by atoms with Gasteiger partial charge in [0.15, 0.2) is 0 Å². The highest BCUT2D eigenvalue weighted by Gasteiger charge is 2.49. The second-order valence-electron chi connectivity index (χ2n) is 7.54. The molecule has 0 aromatic rings. The third-order valence-corrected chi connectivity index (χ3v) is 6.40. The number of nitrogens with zero attached hydrogens (tertiary/aromatic N) is 1. The molecule has 0 spiro atoms. The second-order valence-corrected chi connectivity index (χ2v) is 7.54. The highest BCUT2D eigenvalue weighted by Crippen LogP contribution is 2.44. The molecule has 5 atom stereocenters. The van der Waals surface area contributed by atoms with Crippen LogP contribution in [0.25, 0.3) is 0 Å². The van der Waals surface area contributed by atoms with Gasteiger partial charge in [-0.15, -0.1) is 0 Å². The molecular weight excluding hydrogens is 248 g/mol. The molecule has 3 nitrogen and oxygen atoms in total. The first-order chi connectivity index (χ1) is 9.67. The maximum Gasteiger partial charge on any atom is 0.0731 e. The zero-order valence-corrected chi connectivity index (χ0v) is 13.3. The van der Waals surface area contributed by atoms with Crippen LogP contribution < -0.4 is 5.73 Å². The Labute approximate surface area is 124 Å². The van der Waals surface area contributed by atoms with Crippen LogP contribution in [0, 0.1) is 11.8 Å². The van der Waals surface area contributed by atoms with Gasteiger partial charge in [-0.3, -0.25) is 4.90 Å². The number of ether oxygens (including phenoxy) is 1. The van der Waals surface area contributed by atoms with Crippen LogP contribution in [0.15, 0.2) is 0 Å². The summed E-state index contributed by atoms with van der Waals surface area (Å²) in [7, 11) is 0. The smallest absolute Gasteiger partial charge is 0.0731 e. The Morgan fingerprint density at radius 2 is 2.00 bits per heavy atom. The number of hydrogen-bond donors (Lipinski definition) is 1. The highest BCUT2D eigenvalue weighted by molar-refractivity contribution is 5.04. The molecule has 116 valence electrons. The SMILES string of the molecule is CC1CCC(CN)(N2CCOC3CCCCC32)C(C)C1. The Balaban J connectivity index is 1.83. The van der Waals surface area contributed by atoms with Gasteiger partial charge in [0.05, 0.1) is 12.7 Å². The van der Waals surface area contributed by atoms with Crippen molar-refractivity contribution < 1.29 is 4.74 Å². The van der Waals surface area contributed by atoms with Gasteiger partial charge < -0.3 is 10.5 Å². The molecule has 1 aliphatic heterocycles. The predicted molar refractivity (Wildman–Crippen MR) is 82.7 cm³/mol. The van der Waals surface area contributed by atoms with E-state index in [4.69, 9.17) is 10.5 Å². The minimum Gasteiger partial charge on any atom is -0.375 e. The van der Waals surface area contributed by atoms with E-state index in [0.717, 1.165) is 31.5 Å². The summed E-state index contributed by atoms with van der Waals surface area (Å²) in [5.74, 6) is 1.59. The molecule has 5 unspecified atom stereocenters. The summed E-state index contributed by atoms with van der Waals surface area (Å²) in [6.45, 7) is 7.67.